The van der Waals surface area contributed by atoms with Gasteiger partial charge in [0.15, 0.2) is 0 Å². The van der Waals surface area contributed by atoms with E-state index in [2.05, 4.69) is 10.6 Å². The fourth-order valence-electron chi connectivity index (χ4n) is 6.69. The van der Waals surface area contributed by atoms with Gasteiger partial charge in [-0.2, -0.15) is 0 Å². The average molecular weight is 500 g/mol. The van der Waals surface area contributed by atoms with Gasteiger partial charge in [-0.15, -0.1) is 0 Å². The summed E-state index contributed by atoms with van der Waals surface area (Å²) in [6.07, 6.45) is 0.497. The molecule has 3 saturated heterocycles. The average Bonchev–Trinajstić information content (AvgIpc) is 3.29. The lowest BCUT2D eigenvalue weighted by Gasteiger charge is -2.39. The number of likely N-dealkylation sites (tertiary alicyclic amines) is 1. The lowest BCUT2D eigenvalue weighted by Crippen LogP contribution is -2.61. The Balaban J connectivity index is 1.75. The van der Waals surface area contributed by atoms with Crippen LogP contribution in [-0.4, -0.2) is 63.2 Å². The van der Waals surface area contributed by atoms with Crippen LogP contribution < -0.4 is 10.6 Å². The van der Waals surface area contributed by atoms with Crippen LogP contribution in [0.15, 0.2) is 30.3 Å². The Morgan fingerprint density at radius 1 is 1.19 bits per heavy atom. The van der Waals surface area contributed by atoms with E-state index in [9.17, 15) is 19.5 Å². The van der Waals surface area contributed by atoms with Crippen LogP contribution in [0.5, 0.6) is 0 Å². The van der Waals surface area contributed by atoms with Gasteiger partial charge >= 0.3 is 0 Å². The lowest BCUT2D eigenvalue weighted by atomic mass is 9.62. The number of nitrogens with zero attached hydrogens (tertiary/aromatic N) is 1. The highest BCUT2D eigenvalue weighted by molar-refractivity contribution is 5.99. The molecule has 1 aromatic carbocycles. The van der Waals surface area contributed by atoms with Crippen LogP contribution in [0.1, 0.15) is 60.5 Å². The number of aliphatic hydroxyl groups excluding tert-OH is 1. The number of nitrogens with one attached hydrogen (secondary N) is 2. The molecule has 0 aromatic heterocycles. The molecule has 2 bridgehead atoms. The number of hydrogen-bond acceptors (Lipinski definition) is 5. The first-order valence-electron chi connectivity index (χ1n) is 13.0. The Hall–Kier alpha value is -2.45. The first-order chi connectivity index (χ1) is 16.8. The van der Waals surface area contributed by atoms with Crippen molar-refractivity contribution in [2.75, 3.05) is 6.61 Å². The van der Waals surface area contributed by atoms with E-state index in [1.165, 1.54) is 4.90 Å². The number of ether oxygens (including phenoxy) is 1. The molecule has 3 amide bonds. The maximum absolute atomic E-state index is 14.2. The first-order valence-corrected chi connectivity index (χ1v) is 13.0. The zero-order chi connectivity index (χ0) is 26.6. The highest BCUT2D eigenvalue weighted by atomic mass is 16.5. The number of aliphatic hydroxyl groups is 1. The van der Waals surface area contributed by atoms with Gasteiger partial charge in [-0.25, -0.2) is 0 Å². The van der Waals surface area contributed by atoms with E-state index in [0.717, 1.165) is 5.56 Å². The zero-order valence-corrected chi connectivity index (χ0v) is 22.5. The molecule has 1 aromatic rings. The number of carbonyl (C=O) groups is 3. The summed E-state index contributed by atoms with van der Waals surface area (Å²) in [7, 11) is 0. The molecule has 3 N–H and O–H groups in total. The van der Waals surface area contributed by atoms with E-state index in [4.69, 9.17) is 4.74 Å². The predicted octanol–water partition coefficient (Wildman–Crippen LogP) is 2.25. The largest absolute Gasteiger partial charge is 0.394 e. The van der Waals surface area contributed by atoms with Gasteiger partial charge < -0.3 is 25.4 Å². The number of rotatable bonds is 7. The van der Waals surface area contributed by atoms with E-state index >= 15 is 0 Å². The third kappa shape index (κ3) is 4.12. The molecule has 0 saturated carbocycles. The molecule has 3 heterocycles. The molecule has 3 aliphatic rings. The summed E-state index contributed by atoms with van der Waals surface area (Å²) in [6.45, 7) is 13.5. The molecule has 3 unspecified atom stereocenters. The molecule has 0 aliphatic carbocycles. The van der Waals surface area contributed by atoms with Crippen molar-refractivity contribution in [3.63, 3.8) is 0 Å². The monoisotopic (exact) mass is 499 g/mol. The Morgan fingerprint density at radius 3 is 2.39 bits per heavy atom. The van der Waals surface area contributed by atoms with E-state index < -0.39 is 40.7 Å². The van der Waals surface area contributed by atoms with Crippen LogP contribution in [0, 0.1) is 23.7 Å². The van der Waals surface area contributed by atoms with Gasteiger partial charge in [0.1, 0.15) is 11.6 Å². The van der Waals surface area contributed by atoms with Crippen molar-refractivity contribution in [2.45, 2.75) is 90.3 Å². The second-order valence-corrected chi connectivity index (χ2v) is 12.4. The molecule has 0 radical (unpaired) electrons. The quantitative estimate of drug-likeness (QED) is 0.533. The minimum Gasteiger partial charge on any atom is -0.394 e. The van der Waals surface area contributed by atoms with Gasteiger partial charge in [0.05, 0.1) is 30.1 Å². The third-order valence-electron chi connectivity index (χ3n) is 8.40. The maximum Gasteiger partial charge on any atom is 0.246 e. The van der Waals surface area contributed by atoms with Crippen LogP contribution in [-0.2, 0) is 25.7 Å². The van der Waals surface area contributed by atoms with E-state index in [-0.39, 0.29) is 36.2 Å². The number of carbonyl (C=O) groups excluding carboxylic acids is 3. The summed E-state index contributed by atoms with van der Waals surface area (Å²) < 4.78 is 6.73. The van der Waals surface area contributed by atoms with Gasteiger partial charge in [0, 0.05) is 12.1 Å². The van der Waals surface area contributed by atoms with Gasteiger partial charge in [0.25, 0.3) is 0 Å². The van der Waals surface area contributed by atoms with Crippen LogP contribution in [0.3, 0.4) is 0 Å². The molecule has 4 rings (SSSR count). The van der Waals surface area contributed by atoms with Crippen molar-refractivity contribution in [1.82, 2.24) is 15.5 Å². The van der Waals surface area contributed by atoms with E-state index in [0.29, 0.717) is 13.0 Å². The molecule has 1 spiro atoms. The maximum atomic E-state index is 14.2. The fourth-order valence-corrected chi connectivity index (χ4v) is 6.69. The van der Waals surface area contributed by atoms with Crippen molar-refractivity contribution < 1.29 is 24.2 Å². The summed E-state index contributed by atoms with van der Waals surface area (Å²) >= 11 is 0. The van der Waals surface area contributed by atoms with E-state index in [1.807, 2.05) is 78.8 Å². The molecular formula is C28H41N3O5. The standard InChI is InChI=1S/C28H41N3O5/c1-16(2)19(15-32)31-22(24(34)30-26(4,5)6)28-13-17(3)27(7,36-28)20(21(28)25(31)35)23(33)29-14-18-11-9-8-10-12-18/h8-12,16-17,19-22,32H,13-15H2,1-7H3,(H,29,33)(H,30,34)/t17?,19-,20-,21-,22?,27+,28?/m0/s1. The Bertz CT molecular complexity index is 1020. The van der Waals surface area contributed by atoms with Crippen molar-refractivity contribution in [3.8, 4) is 0 Å². The Kier molecular flexibility index (Phi) is 6.75. The molecule has 8 heteroatoms. The summed E-state index contributed by atoms with van der Waals surface area (Å²) in [5.74, 6) is -2.49. The van der Waals surface area contributed by atoms with Crippen LogP contribution in [0.25, 0.3) is 0 Å². The number of fused-ring (bicyclic) bond motifs is 1. The molecule has 198 valence electrons. The van der Waals surface area contributed by atoms with Gasteiger partial charge in [-0.1, -0.05) is 51.1 Å². The Labute approximate surface area is 214 Å². The molecule has 7 atom stereocenters. The second kappa shape index (κ2) is 9.14. The number of benzene rings is 1. The third-order valence-corrected chi connectivity index (χ3v) is 8.40. The first kappa shape index (κ1) is 26.6. The normalized spacial score (nSPS) is 34.1. The fraction of sp³-hybridized carbons (Fsp3) is 0.679. The summed E-state index contributed by atoms with van der Waals surface area (Å²) in [5.41, 5.74) is -1.56. The summed E-state index contributed by atoms with van der Waals surface area (Å²) in [6, 6.07) is 8.14. The number of hydrogen-bond donors (Lipinski definition) is 3. The van der Waals surface area contributed by atoms with Crippen LogP contribution in [0.2, 0.25) is 0 Å². The van der Waals surface area contributed by atoms with Crippen LogP contribution >= 0.6 is 0 Å². The predicted molar refractivity (Wildman–Crippen MR) is 136 cm³/mol. The van der Waals surface area contributed by atoms with Gasteiger partial charge in [0.2, 0.25) is 17.7 Å². The van der Waals surface area contributed by atoms with Gasteiger partial charge in [-0.3, -0.25) is 14.4 Å². The summed E-state index contributed by atoms with van der Waals surface area (Å²) in [4.78, 5) is 43.2. The molecular weight excluding hydrogens is 458 g/mol. The van der Waals surface area contributed by atoms with Crippen molar-refractivity contribution in [3.05, 3.63) is 35.9 Å². The topological polar surface area (TPSA) is 108 Å². The second-order valence-electron chi connectivity index (χ2n) is 12.4. The zero-order valence-electron chi connectivity index (χ0n) is 22.5. The smallest absolute Gasteiger partial charge is 0.246 e. The van der Waals surface area contributed by atoms with Crippen molar-refractivity contribution >= 4 is 17.7 Å². The highest BCUT2D eigenvalue weighted by Gasteiger charge is 2.80. The highest BCUT2D eigenvalue weighted by Crippen LogP contribution is 2.65. The van der Waals surface area contributed by atoms with E-state index in [1.54, 1.807) is 0 Å². The molecule has 3 aliphatic heterocycles. The van der Waals surface area contributed by atoms with Crippen molar-refractivity contribution in [1.29, 1.82) is 0 Å². The summed E-state index contributed by atoms with van der Waals surface area (Å²) in [5, 5.41) is 16.3. The SMILES string of the molecule is CC(C)[C@H](CO)N1C(=O)[C@@H]2[C@@H](C(=O)NCc3ccccc3)[C@]3(C)OC2(CC3C)C1C(=O)NC(C)(C)C. The molecule has 36 heavy (non-hydrogen) atoms. The minimum absolute atomic E-state index is 0.0365. The van der Waals surface area contributed by atoms with Crippen LogP contribution in [0.4, 0.5) is 0 Å². The number of amides is 3. The Morgan fingerprint density at radius 2 is 1.83 bits per heavy atom. The van der Waals surface area contributed by atoms with Crippen molar-refractivity contribution in [2.24, 2.45) is 23.7 Å². The lowest BCUT2D eigenvalue weighted by molar-refractivity contribution is -0.152. The molecule has 8 nitrogen and oxygen atoms in total. The molecule has 3 fully saturated rings. The minimum atomic E-state index is -1.13. The van der Waals surface area contributed by atoms with Gasteiger partial charge in [-0.05, 0) is 51.5 Å².